The van der Waals surface area contributed by atoms with Gasteiger partial charge in [-0.1, -0.05) is 24.3 Å². The molecule has 2 N–H and O–H groups in total. The summed E-state index contributed by atoms with van der Waals surface area (Å²) in [5, 5.41) is 6.95. The van der Waals surface area contributed by atoms with E-state index in [1.807, 2.05) is 18.2 Å². The molecular weight excluding hydrogens is 505 g/mol. The van der Waals surface area contributed by atoms with Crippen molar-refractivity contribution in [3.63, 3.8) is 0 Å². The molecule has 2 aromatic carbocycles. The Bertz CT molecular complexity index is 897. The van der Waals surface area contributed by atoms with Gasteiger partial charge in [0, 0.05) is 50.4 Å². The Hall–Kier alpha value is -2.00. The van der Waals surface area contributed by atoms with E-state index in [0.717, 1.165) is 62.2 Å². The fraction of sp³-hybridized carbons (Fsp3) is 0.458. The summed E-state index contributed by atoms with van der Waals surface area (Å²) in [5.41, 5.74) is 3.68. The highest BCUT2D eigenvalue weighted by Crippen LogP contribution is 2.36. The van der Waals surface area contributed by atoms with Gasteiger partial charge >= 0.3 is 0 Å². The molecule has 4 rings (SSSR count). The highest BCUT2D eigenvalue weighted by molar-refractivity contribution is 14.0. The lowest BCUT2D eigenvalue weighted by atomic mass is 9.72. The van der Waals surface area contributed by atoms with Gasteiger partial charge < -0.3 is 24.8 Å². The van der Waals surface area contributed by atoms with Crippen LogP contribution in [0.4, 0.5) is 5.69 Å². The Morgan fingerprint density at radius 2 is 1.74 bits per heavy atom. The molecule has 7 heteroatoms. The van der Waals surface area contributed by atoms with Crippen LogP contribution >= 0.6 is 24.0 Å². The van der Waals surface area contributed by atoms with Gasteiger partial charge in [-0.05, 0) is 43.0 Å². The van der Waals surface area contributed by atoms with Crippen LogP contribution in [0.15, 0.2) is 47.5 Å². The molecule has 0 radical (unpaired) electrons. The fourth-order valence-corrected chi connectivity index (χ4v) is 4.28. The van der Waals surface area contributed by atoms with Gasteiger partial charge in [0.05, 0.1) is 13.2 Å². The van der Waals surface area contributed by atoms with Gasteiger partial charge in [-0.15, -0.1) is 24.0 Å². The molecule has 2 aromatic rings. The summed E-state index contributed by atoms with van der Waals surface area (Å²) in [4.78, 5) is 4.44. The molecule has 0 aliphatic carbocycles. The van der Waals surface area contributed by atoms with Gasteiger partial charge in [-0.2, -0.15) is 0 Å². The normalized spacial score (nSPS) is 17.8. The Morgan fingerprint density at radius 3 is 2.48 bits per heavy atom. The number of rotatable bonds is 4. The molecule has 6 nitrogen and oxygen atoms in total. The van der Waals surface area contributed by atoms with Gasteiger partial charge in [0.15, 0.2) is 17.5 Å². The zero-order chi connectivity index (χ0) is 20.8. The van der Waals surface area contributed by atoms with E-state index in [9.17, 15) is 0 Å². The molecule has 0 aromatic heterocycles. The molecule has 2 heterocycles. The number of guanidine groups is 1. The largest absolute Gasteiger partial charge is 0.490 e. The first-order chi connectivity index (χ1) is 14.7. The third-order valence-corrected chi connectivity index (χ3v) is 5.99. The van der Waals surface area contributed by atoms with E-state index < -0.39 is 0 Å². The van der Waals surface area contributed by atoms with E-state index in [1.165, 1.54) is 11.1 Å². The maximum Gasteiger partial charge on any atom is 0.195 e. The molecule has 0 saturated carbocycles. The number of nitrogens with one attached hydrogen (secondary N) is 2. The minimum Gasteiger partial charge on any atom is -0.490 e. The van der Waals surface area contributed by atoms with E-state index in [2.05, 4.69) is 46.8 Å². The van der Waals surface area contributed by atoms with Crippen LogP contribution in [0.2, 0.25) is 0 Å². The molecule has 31 heavy (non-hydrogen) atoms. The van der Waals surface area contributed by atoms with E-state index in [0.29, 0.717) is 13.2 Å². The lowest BCUT2D eigenvalue weighted by Crippen LogP contribution is -2.46. The average molecular weight is 537 g/mol. The van der Waals surface area contributed by atoms with Crippen LogP contribution in [0.3, 0.4) is 0 Å². The van der Waals surface area contributed by atoms with Gasteiger partial charge in [0.1, 0.15) is 0 Å². The summed E-state index contributed by atoms with van der Waals surface area (Å²) >= 11 is 0. The molecule has 0 spiro atoms. The fourth-order valence-electron chi connectivity index (χ4n) is 4.28. The average Bonchev–Trinajstić information content (AvgIpc) is 3.02. The van der Waals surface area contributed by atoms with Crippen LogP contribution in [-0.2, 0) is 10.2 Å². The number of hydrogen-bond donors (Lipinski definition) is 2. The monoisotopic (exact) mass is 537 g/mol. The smallest absolute Gasteiger partial charge is 0.195 e. The summed E-state index contributed by atoms with van der Waals surface area (Å²) < 4.78 is 17.2. The summed E-state index contributed by atoms with van der Waals surface area (Å²) in [7, 11) is 1.79. The molecule has 0 bridgehead atoms. The summed E-state index contributed by atoms with van der Waals surface area (Å²) in [6, 6.07) is 14.6. The second-order valence-electron chi connectivity index (χ2n) is 7.97. The number of fused-ring (bicyclic) bond motifs is 1. The molecule has 168 valence electrons. The van der Waals surface area contributed by atoms with Crippen LogP contribution in [0.25, 0.3) is 0 Å². The highest BCUT2D eigenvalue weighted by Gasteiger charge is 2.35. The molecule has 0 amide bonds. The van der Waals surface area contributed by atoms with Crippen molar-refractivity contribution in [3.8, 4) is 11.5 Å². The van der Waals surface area contributed by atoms with Crippen LogP contribution in [-0.4, -0.2) is 46.0 Å². The van der Waals surface area contributed by atoms with Gasteiger partial charge in [-0.3, -0.25) is 4.99 Å². The molecule has 1 fully saturated rings. The van der Waals surface area contributed by atoms with Crippen molar-refractivity contribution in [1.29, 1.82) is 0 Å². The Labute approximate surface area is 201 Å². The Morgan fingerprint density at radius 1 is 1.00 bits per heavy atom. The summed E-state index contributed by atoms with van der Waals surface area (Å²) in [6.45, 7) is 5.91. The van der Waals surface area contributed by atoms with Gasteiger partial charge in [0.2, 0.25) is 0 Å². The van der Waals surface area contributed by atoms with E-state index >= 15 is 0 Å². The van der Waals surface area contributed by atoms with Crippen LogP contribution in [0.1, 0.15) is 30.4 Å². The van der Waals surface area contributed by atoms with E-state index in [-0.39, 0.29) is 29.4 Å². The number of anilines is 1. The second-order valence-corrected chi connectivity index (χ2v) is 7.97. The number of nitrogens with zero attached hydrogens (tertiary/aromatic N) is 1. The van der Waals surface area contributed by atoms with E-state index in [4.69, 9.17) is 14.2 Å². The zero-order valence-electron chi connectivity index (χ0n) is 18.3. The number of benzene rings is 2. The zero-order valence-corrected chi connectivity index (χ0v) is 20.6. The standard InChI is InChI=1S/C24H31N3O3.HI/c1-18-6-3-4-7-20(18)24(10-14-28-15-11-24)17-26-23(25-2)27-19-8-9-21-22(16-19)30-13-5-12-29-21;/h3-4,6-9,16H,5,10-15,17H2,1-2H3,(H2,25,26,27);1H. The molecule has 2 aliphatic heterocycles. The topological polar surface area (TPSA) is 64.1 Å². The minimum atomic E-state index is 0. The minimum absolute atomic E-state index is 0. The third kappa shape index (κ3) is 5.63. The number of aliphatic imine (C=N–C) groups is 1. The predicted molar refractivity (Wildman–Crippen MR) is 135 cm³/mol. The van der Waals surface area contributed by atoms with Crippen molar-refractivity contribution in [1.82, 2.24) is 5.32 Å². The highest BCUT2D eigenvalue weighted by atomic mass is 127. The number of halogens is 1. The molecular formula is C24H32IN3O3. The van der Waals surface area contributed by atoms with Crippen LogP contribution < -0.4 is 20.1 Å². The summed E-state index contributed by atoms with van der Waals surface area (Å²) in [6.07, 6.45) is 2.88. The first-order valence-corrected chi connectivity index (χ1v) is 10.7. The maximum absolute atomic E-state index is 5.81. The first kappa shape index (κ1) is 23.7. The van der Waals surface area contributed by atoms with Crippen molar-refractivity contribution in [2.75, 3.05) is 45.3 Å². The third-order valence-electron chi connectivity index (χ3n) is 5.99. The molecule has 0 atom stereocenters. The lowest BCUT2D eigenvalue weighted by molar-refractivity contribution is 0.0512. The van der Waals surface area contributed by atoms with E-state index in [1.54, 1.807) is 7.05 Å². The van der Waals surface area contributed by atoms with Crippen molar-refractivity contribution >= 4 is 35.6 Å². The number of ether oxygens (including phenoxy) is 3. The Balaban J connectivity index is 0.00000272. The van der Waals surface area contributed by atoms with Crippen LogP contribution in [0, 0.1) is 6.92 Å². The SMILES string of the molecule is CN=C(NCC1(c2ccccc2C)CCOCC1)Nc1ccc2c(c1)OCCCO2.I. The number of aryl methyl sites for hydroxylation is 1. The van der Waals surface area contributed by atoms with Gasteiger partial charge in [-0.25, -0.2) is 0 Å². The van der Waals surface area contributed by atoms with Crippen molar-refractivity contribution < 1.29 is 14.2 Å². The maximum atomic E-state index is 5.81. The quantitative estimate of drug-likeness (QED) is 0.342. The van der Waals surface area contributed by atoms with Gasteiger partial charge in [0.25, 0.3) is 0 Å². The lowest BCUT2D eigenvalue weighted by Gasteiger charge is -2.39. The molecule has 2 aliphatic rings. The molecule has 0 unspecified atom stereocenters. The predicted octanol–water partition coefficient (Wildman–Crippen LogP) is 4.51. The number of hydrogen-bond acceptors (Lipinski definition) is 4. The Kier molecular flexibility index (Phi) is 8.43. The van der Waals surface area contributed by atoms with Crippen molar-refractivity contribution in [2.24, 2.45) is 4.99 Å². The summed E-state index contributed by atoms with van der Waals surface area (Å²) in [5.74, 6) is 2.31. The van der Waals surface area contributed by atoms with Crippen molar-refractivity contribution in [2.45, 2.75) is 31.6 Å². The van der Waals surface area contributed by atoms with Crippen molar-refractivity contribution in [3.05, 3.63) is 53.6 Å². The molecule has 1 saturated heterocycles. The van der Waals surface area contributed by atoms with Crippen LogP contribution in [0.5, 0.6) is 11.5 Å². The second kappa shape index (κ2) is 11.0. The first-order valence-electron chi connectivity index (χ1n) is 10.7.